The molecule has 0 saturated carbocycles. The van der Waals surface area contributed by atoms with Gasteiger partial charge in [0.2, 0.25) is 0 Å². The van der Waals surface area contributed by atoms with E-state index in [0.717, 1.165) is 12.1 Å². The molecule has 2 aromatic rings. The molecule has 6 nitrogen and oxygen atoms in total. The Morgan fingerprint density at radius 2 is 1.29 bits per heavy atom. The van der Waals surface area contributed by atoms with Gasteiger partial charge >= 0.3 is 0 Å². The molecule has 0 heterocycles. The zero-order valence-corrected chi connectivity index (χ0v) is 16.1. The first-order valence-electron chi connectivity index (χ1n) is 7.60. The predicted octanol–water partition coefficient (Wildman–Crippen LogP) is 1.87. The smallest absolute Gasteiger partial charge is 0.165 e. The first-order chi connectivity index (χ1) is 12.3. The van der Waals surface area contributed by atoms with Crippen molar-refractivity contribution in [2.24, 2.45) is 9.98 Å². The van der Waals surface area contributed by atoms with Gasteiger partial charge in [0, 0.05) is 40.3 Å². The Bertz CT molecular complexity index is 749. The van der Waals surface area contributed by atoms with Crippen LogP contribution in [0.5, 0.6) is 11.5 Å². The van der Waals surface area contributed by atoms with E-state index in [2.05, 4.69) is 16.6 Å². The first-order valence-corrected chi connectivity index (χ1v) is 7.60. The van der Waals surface area contributed by atoms with Crippen LogP contribution in [0.15, 0.2) is 58.7 Å². The minimum Gasteiger partial charge on any atom is -0.876 e. The molecule has 0 spiro atoms. The molecule has 0 bridgehead atoms. The monoisotopic (exact) mass is 439 g/mol. The Labute approximate surface area is 172 Å². The predicted molar refractivity (Wildman–Crippen MR) is 101 cm³/mol. The Morgan fingerprint density at radius 3 is 1.61 bits per heavy atom. The molecule has 28 heavy (non-hydrogen) atoms. The average molecular weight is 439 g/mol. The van der Waals surface area contributed by atoms with E-state index in [1.807, 2.05) is 0 Å². The van der Waals surface area contributed by atoms with Crippen molar-refractivity contribution in [2.75, 3.05) is 13.1 Å². The number of aromatic hydroxyl groups is 2. The molecule has 2 rings (SSSR count). The summed E-state index contributed by atoms with van der Waals surface area (Å²) in [6, 6.07) is 8.33. The summed E-state index contributed by atoms with van der Waals surface area (Å²) in [4.78, 5) is 8.03. The second-order valence-electron chi connectivity index (χ2n) is 5.13. The van der Waals surface area contributed by atoms with Gasteiger partial charge in [0.25, 0.3) is 0 Å². The average Bonchev–Trinajstić information content (AvgIpc) is 2.57. The van der Waals surface area contributed by atoms with Crippen molar-refractivity contribution in [1.29, 1.82) is 0 Å². The summed E-state index contributed by atoms with van der Waals surface area (Å²) in [5.41, 5.74) is 0.568. The van der Waals surface area contributed by atoms with E-state index < -0.39 is 23.1 Å². The molecule has 0 aliphatic rings. The van der Waals surface area contributed by atoms with Crippen molar-refractivity contribution in [2.45, 2.75) is 6.92 Å². The van der Waals surface area contributed by atoms with Crippen LogP contribution >= 0.6 is 0 Å². The van der Waals surface area contributed by atoms with Gasteiger partial charge in [-0.2, -0.15) is 0 Å². The Hall–Kier alpha value is -2.75. The summed E-state index contributed by atoms with van der Waals surface area (Å²) >= 11 is 0. The van der Waals surface area contributed by atoms with Crippen molar-refractivity contribution in [3.05, 3.63) is 71.5 Å². The zero-order chi connectivity index (χ0) is 19.5. The van der Waals surface area contributed by atoms with Crippen LogP contribution in [0.1, 0.15) is 18.1 Å². The van der Waals surface area contributed by atoms with E-state index in [1.165, 1.54) is 43.6 Å². The molecule has 155 valence electrons. The minimum atomic E-state index is -0.705. The van der Waals surface area contributed by atoms with Crippen LogP contribution in [0.4, 0.5) is 8.78 Å². The number of benzene rings is 2. The van der Waals surface area contributed by atoms with Crippen LogP contribution in [-0.2, 0) is 22.3 Å². The Morgan fingerprint density at radius 1 is 0.964 bits per heavy atom. The largest absolute Gasteiger partial charge is 0.876 e. The molecule has 0 aliphatic heterocycles. The second-order valence-corrected chi connectivity index (χ2v) is 5.13. The number of phenolic OH excluding ortho intramolecular Hbond substituents is 2. The molecule has 0 aromatic heterocycles. The van der Waals surface area contributed by atoms with Gasteiger partial charge in [-0.05, 0) is 24.3 Å². The fourth-order valence-electron chi connectivity index (χ4n) is 1.71. The number of phenols is 2. The van der Waals surface area contributed by atoms with Gasteiger partial charge < -0.3 is 20.8 Å². The van der Waals surface area contributed by atoms with Gasteiger partial charge in [-0.3, -0.25) is 9.98 Å². The molecular formula is C19H22CoF2N2O4. The van der Waals surface area contributed by atoms with E-state index in [-0.39, 0.29) is 39.1 Å². The SMILES string of the molecule is C=C(C)[O-].Oc1c(F)cccc1C=NCCN=Cc1cccc(F)c1O.[Co].[OH3+]. The van der Waals surface area contributed by atoms with Crippen molar-refractivity contribution in [1.82, 2.24) is 0 Å². The van der Waals surface area contributed by atoms with Crippen LogP contribution in [0.3, 0.4) is 0 Å². The maximum absolute atomic E-state index is 13.1. The molecule has 1 radical (unpaired) electrons. The van der Waals surface area contributed by atoms with Crippen LogP contribution in [-0.4, -0.2) is 35.7 Å². The van der Waals surface area contributed by atoms with E-state index in [0.29, 0.717) is 13.1 Å². The van der Waals surface area contributed by atoms with Crippen LogP contribution in [0.2, 0.25) is 0 Å². The number of nitrogens with zero attached hydrogens (tertiary/aromatic N) is 2. The quantitative estimate of drug-likeness (QED) is 0.320. The molecule has 0 atom stereocenters. The Balaban J connectivity index is 0. The maximum Gasteiger partial charge on any atom is 0.165 e. The molecule has 0 fully saturated rings. The van der Waals surface area contributed by atoms with Crippen molar-refractivity contribution >= 4 is 12.4 Å². The zero-order valence-electron chi connectivity index (χ0n) is 15.1. The fourth-order valence-corrected chi connectivity index (χ4v) is 1.71. The number of rotatable bonds is 5. The van der Waals surface area contributed by atoms with Crippen LogP contribution in [0, 0.1) is 11.6 Å². The summed E-state index contributed by atoms with van der Waals surface area (Å²) in [6.07, 6.45) is 2.71. The van der Waals surface area contributed by atoms with Crippen LogP contribution in [0.25, 0.3) is 0 Å². The molecule has 9 heteroatoms. The summed E-state index contributed by atoms with van der Waals surface area (Å²) in [6.45, 7) is 5.03. The number of allylic oxidation sites excluding steroid dienone is 1. The topological polar surface area (TPSA) is 121 Å². The molecule has 0 aliphatic carbocycles. The van der Waals surface area contributed by atoms with E-state index >= 15 is 0 Å². The van der Waals surface area contributed by atoms with E-state index in [4.69, 9.17) is 0 Å². The normalized spacial score (nSPS) is 9.96. The third kappa shape index (κ3) is 9.81. The molecule has 0 amide bonds. The second kappa shape index (κ2) is 14.3. The third-order valence-electron chi connectivity index (χ3n) is 2.85. The van der Waals surface area contributed by atoms with Gasteiger partial charge in [-0.15, -0.1) is 12.3 Å². The molecule has 2 aromatic carbocycles. The summed E-state index contributed by atoms with van der Waals surface area (Å²) in [5.74, 6) is -2.38. The van der Waals surface area contributed by atoms with Crippen molar-refractivity contribution in [3.63, 3.8) is 0 Å². The van der Waals surface area contributed by atoms with Crippen molar-refractivity contribution in [3.8, 4) is 11.5 Å². The molecule has 5 N–H and O–H groups in total. The maximum atomic E-state index is 13.1. The van der Waals surface area contributed by atoms with Gasteiger partial charge in [-0.1, -0.05) is 19.1 Å². The number of hydrogen-bond donors (Lipinski definition) is 2. The first kappa shape index (κ1) is 27.5. The van der Waals surface area contributed by atoms with Gasteiger partial charge in [0.05, 0.1) is 13.1 Å². The summed E-state index contributed by atoms with van der Waals surface area (Å²) in [5, 5.41) is 28.2. The van der Waals surface area contributed by atoms with E-state index in [9.17, 15) is 24.1 Å². The molecule has 0 unspecified atom stereocenters. The number of para-hydroxylation sites is 2. The minimum absolute atomic E-state index is 0. The number of aliphatic imine (C=N–C) groups is 2. The standard InChI is InChI=1S/C16H14F2N2O2.C3H6O.Co.H2O/c17-13-5-1-3-11(15(13)21)9-19-7-8-20-10-12-4-2-6-14(18)16(12)22;1-3(2)4;;/h1-6,9-10,21-22H,7-8H2;4H,1H2,2H3;;1H2. The number of hydrogen-bond acceptors (Lipinski definition) is 5. The van der Waals surface area contributed by atoms with Crippen molar-refractivity contribution < 1.29 is 46.4 Å². The fraction of sp³-hybridized carbons (Fsp3) is 0.158. The molecule has 0 saturated heterocycles. The summed E-state index contributed by atoms with van der Waals surface area (Å²) in [7, 11) is 0. The van der Waals surface area contributed by atoms with Gasteiger partial charge in [0.1, 0.15) is 0 Å². The number of halogens is 2. The third-order valence-corrected chi connectivity index (χ3v) is 2.85. The molecular weight excluding hydrogens is 417 g/mol. The Kier molecular flexibility index (Phi) is 14.0. The van der Waals surface area contributed by atoms with Crippen LogP contribution < -0.4 is 5.11 Å². The van der Waals surface area contributed by atoms with Gasteiger partial charge in [-0.25, -0.2) is 8.78 Å². The van der Waals surface area contributed by atoms with Gasteiger partial charge in [0.15, 0.2) is 23.1 Å². The summed E-state index contributed by atoms with van der Waals surface area (Å²) < 4.78 is 26.2. The van der Waals surface area contributed by atoms with E-state index in [1.54, 1.807) is 0 Å².